The normalized spacial score (nSPS) is 25.3. The van der Waals surface area contributed by atoms with E-state index in [1.165, 1.54) is 6.07 Å². The second kappa shape index (κ2) is 4.06. The Kier molecular flexibility index (Phi) is 2.89. The molecule has 1 unspecified atom stereocenters. The molecule has 86 valence electrons. The molecule has 0 aliphatic carbocycles. The lowest BCUT2D eigenvalue weighted by atomic mass is 9.75. The fourth-order valence-electron chi connectivity index (χ4n) is 2.10. The Balaban J connectivity index is 2.34. The quantitative estimate of drug-likeness (QED) is 0.805. The highest BCUT2D eigenvalue weighted by Crippen LogP contribution is 2.34. The van der Waals surface area contributed by atoms with Gasteiger partial charge in [0.15, 0.2) is 0 Å². The van der Waals surface area contributed by atoms with Gasteiger partial charge in [-0.3, -0.25) is 4.79 Å². The van der Waals surface area contributed by atoms with Gasteiger partial charge in [0.1, 0.15) is 5.82 Å². The number of hydrogen-bond donors (Lipinski definition) is 1. The Labute approximate surface area is 98.8 Å². The number of hydrogen-bond acceptors (Lipinski definition) is 1. The van der Waals surface area contributed by atoms with Crippen molar-refractivity contribution in [2.24, 2.45) is 0 Å². The molecule has 1 aliphatic heterocycles. The Morgan fingerprint density at radius 1 is 1.50 bits per heavy atom. The van der Waals surface area contributed by atoms with E-state index in [9.17, 15) is 9.18 Å². The lowest BCUT2D eigenvalue weighted by molar-refractivity contribution is -0.123. The molecule has 0 radical (unpaired) electrons. The summed E-state index contributed by atoms with van der Waals surface area (Å²) in [6.07, 6.45) is 1.22. The van der Waals surface area contributed by atoms with Crippen molar-refractivity contribution in [1.29, 1.82) is 0 Å². The third kappa shape index (κ3) is 2.05. The molecule has 1 atom stereocenters. The van der Waals surface area contributed by atoms with Gasteiger partial charge in [0, 0.05) is 18.4 Å². The van der Waals surface area contributed by atoms with Gasteiger partial charge in [-0.25, -0.2) is 4.39 Å². The minimum absolute atomic E-state index is 0.0177. The molecule has 0 bridgehead atoms. The largest absolute Gasteiger partial charge is 0.356 e. The van der Waals surface area contributed by atoms with E-state index in [4.69, 9.17) is 11.6 Å². The van der Waals surface area contributed by atoms with Crippen LogP contribution < -0.4 is 5.32 Å². The molecule has 1 heterocycles. The summed E-state index contributed by atoms with van der Waals surface area (Å²) >= 11 is 5.64. The highest BCUT2D eigenvalue weighted by molar-refractivity contribution is 6.30. The number of rotatable bonds is 1. The average molecular weight is 242 g/mol. The maximum absolute atomic E-state index is 13.4. The monoisotopic (exact) mass is 241 g/mol. The Bertz CT molecular complexity index is 435. The van der Waals surface area contributed by atoms with Gasteiger partial charge in [-0.1, -0.05) is 24.6 Å². The number of benzene rings is 1. The molecule has 1 N–H and O–H groups in total. The van der Waals surface area contributed by atoms with Gasteiger partial charge in [0.25, 0.3) is 0 Å². The fourth-order valence-corrected chi connectivity index (χ4v) is 2.22. The second-order valence-electron chi connectivity index (χ2n) is 4.47. The molecule has 1 amide bonds. The lowest BCUT2D eigenvalue weighted by Crippen LogP contribution is -2.41. The average Bonchev–Trinajstić information content (AvgIpc) is 2.21. The highest BCUT2D eigenvalue weighted by Gasteiger charge is 2.33. The van der Waals surface area contributed by atoms with Crippen molar-refractivity contribution in [3.05, 3.63) is 34.6 Å². The molecular weight excluding hydrogens is 229 g/mol. The zero-order valence-corrected chi connectivity index (χ0v) is 9.77. The van der Waals surface area contributed by atoms with Crippen molar-refractivity contribution in [3.63, 3.8) is 0 Å². The van der Waals surface area contributed by atoms with Gasteiger partial charge >= 0.3 is 0 Å². The van der Waals surface area contributed by atoms with Crippen molar-refractivity contribution in [2.45, 2.75) is 25.2 Å². The standard InChI is InChI=1S/C12H13ClFNO/c1-12(4-5-15-11(16)7-12)8-2-3-9(13)10(14)6-8/h2-3,6H,4-5,7H2,1H3,(H,15,16). The molecule has 0 spiro atoms. The predicted octanol–water partition coefficient (Wildman–Crippen LogP) is 2.65. The zero-order valence-electron chi connectivity index (χ0n) is 9.02. The summed E-state index contributed by atoms with van der Waals surface area (Å²) < 4.78 is 13.4. The molecule has 1 aromatic carbocycles. The van der Waals surface area contributed by atoms with E-state index >= 15 is 0 Å². The molecule has 16 heavy (non-hydrogen) atoms. The summed E-state index contributed by atoms with van der Waals surface area (Å²) in [5.41, 5.74) is 0.553. The fraction of sp³-hybridized carbons (Fsp3) is 0.417. The summed E-state index contributed by atoms with van der Waals surface area (Å²) in [7, 11) is 0. The summed E-state index contributed by atoms with van der Waals surface area (Å²) in [6, 6.07) is 4.77. The first-order valence-corrected chi connectivity index (χ1v) is 5.61. The minimum atomic E-state index is -0.425. The first kappa shape index (κ1) is 11.4. The van der Waals surface area contributed by atoms with Crippen LogP contribution in [0.5, 0.6) is 0 Å². The van der Waals surface area contributed by atoms with Crippen LogP contribution in [0.1, 0.15) is 25.3 Å². The smallest absolute Gasteiger partial charge is 0.220 e. The van der Waals surface area contributed by atoms with Gasteiger partial charge in [-0.2, -0.15) is 0 Å². The van der Waals surface area contributed by atoms with Crippen molar-refractivity contribution in [1.82, 2.24) is 5.32 Å². The van der Waals surface area contributed by atoms with E-state index in [1.807, 2.05) is 6.92 Å². The van der Waals surface area contributed by atoms with E-state index in [-0.39, 0.29) is 16.3 Å². The number of halogens is 2. The molecule has 2 rings (SSSR count). The summed E-state index contributed by atoms with van der Waals surface area (Å²) in [5, 5.41) is 2.89. The Morgan fingerprint density at radius 3 is 2.88 bits per heavy atom. The zero-order chi connectivity index (χ0) is 11.8. The van der Waals surface area contributed by atoms with Crippen molar-refractivity contribution in [3.8, 4) is 0 Å². The molecule has 1 fully saturated rings. The van der Waals surface area contributed by atoms with Crippen LogP contribution in [-0.2, 0) is 10.2 Å². The number of amides is 1. The summed E-state index contributed by atoms with van der Waals surface area (Å²) in [4.78, 5) is 11.4. The van der Waals surface area contributed by atoms with Crippen molar-refractivity contribution in [2.75, 3.05) is 6.54 Å². The molecule has 1 saturated heterocycles. The van der Waals surface area contributed by atoms with Gasteiger partial charge in [0.2, 0.25) is 5.91 Å². The van der Waals surface area contributed by atoms with E-state index in [0.717, 1.165) is 12.0 Å². The SMILES string of the molecule is CC1(c2ccc(Cl)c(F)c2)CCNC(=O)C1. The van der Waals surface area contributed by atoms with Crippen LogP contribution >= 0.6 is 11.6 Å². The van der Waals surface area contributed by atoms with Gasteiger partial charge in [-0.05, 0) is 24.1 Å². The highest BCUT2D eigenvalue weighted by atomic mass is 35.5. The molecule has 2 nitrogen and oxygen atoms in total. The van der Waals surface area contributed by atoms with E-state index in [2.05, 4.69) is 5.32 Å². The second-order valence-corrected chi connectivity index (χ2v) is 4.87. The lowest BCUT2D eigenvalue weighted by Gasteiger charge is -2.33. The first-order valence-electron chi connectivity index (χ1n) is 5.23. The number of carbonyl (C=O) groups excluding carboxylic acids is 1. The topological polar surface area (TPSA) is 29.1 Å². The molecule has 4 heteroatoms. The van der Waals surface area contributed by atoms with Gasteiger partial charge < -0.3 is 5.32 Å². The Hall–Kier alpha value is -1.09. The maximum Gasteiger partial charge on any atom is 0.220 e. The molecule has 1 aromatic rings. The van der Waals surface area contributed by atoms with E-state index < -0.39 is 5.82 Å². The van der Waals surface area contributed by atoms with Crippen molar-refractivity contribution >= 4 is 17.5 Å². The van der Waals surface area contributed by atoms with Crippen LogP contribution in [-0.4, -0.2) is 12.5 Å². The van der Waals surface area contributed by atoms with Crippen LogP contribution in [0.4, 0.5) is 4.39 Å². The number of nitrogens with one attached hydrogen (secondary N) is 1. The first-order chi connectivity index (χ1) is 7.51. The van der Waals surface area contributed by atoms with Crippen LogP contribution in [0.15, 0.2) is 18.2 Å². The molecule has 0 aromatic heterocycles. The number of carbonyl (C=O) groups is 1. The number of piperidine rings is 1. The third-order valence-corrected chi connectivity index (χ3v) is 3.47. The third-order valence-electron chi connectivity index (χ3n) is 3.17. The van der Waals surface area contributed by atoms with E-state index in [1.54, 1.807) is 12.1 Å². The Morgan fingerprint density at radius 2 is 2.25 bits per heavy atom. The summed E-state index contributed by atoms with van der Waals surface area (Å²) in [5.74, 6) is -0.407. The maximum atomic E-state index is 13.4. The van der Waals surface area contributed by atoms with Crippen LogP contribution in [0.3, 0.4) is 0 Å². The molecule has 1 aliphatic rings. The van der Waals surface area contributed by atoms with Gasteiger partial charge in [0.05, 0.1) is 5.02 Å². The predicted molar refractivity (Wildman–Crippen MR) is 61.0 cm³/mol. The van der Waals surface area contributed by atoms with Crippen LogP contribution in [0.2, 0.25) is 5.02 Å². The van der Waals surface area contributed by atoms with Crippen LogP contribution in [0.25, 0.3) is 0 Å². The minimum Gasteiger partial charge on any atom is -0.356 e. The van der Waals surface area contributed by atoms with E-state index in [0.29, 0.717) is 13.0 Å². The molecule has 0 saturated carbocycles. The van der Waals surface area contributed by atoms with Gasteiger partial charge in [-0.15, -0.1) is 0 Å². The van der Waals surface area contributed by atoms with Crippen molar-refractivity contribution < 1.29 is 9.18 Å². The van der Waals surface area contributed by atoms with Crippen LogP contribution in [0, 0.1) is 5.82 Å². The summed E-state index contributed by atoms with van der Waals surface area (Å²) in [6.45, 7) is 2.62. The molecular formula is C12H13ClFNO.